The van der Waals surface area contributed by atoms with E-state index >= 15 is 0 Å². The van der Waals surface area contributed by atoms with Crippen molar-refractivity contribution >= 4 is 17.6 Å². The molecule has 1 aliphatic rings. The first-order valence-electron chi connectivity index (χ1n) is 7.80. The summed E-state index contributed by atoms with van der Waals surface area (Å²) in [5.74, 6) is 0.349. The second-order valence-electron chi connectivity index (χ2n) is 6.34. The van der Waals surface area contributed by atoms with Crippen LogP contribution in [-0.4, -0.2) is 16.7 Å². The Labute approximate surface area is 146 Å². The summed E-state index contributed by atoms with van der Waals surface area (Å²) >= 11 is 5.86. The van der Waals surface area contributed by atoms with Crippen molar-refractivity contribution in [2.24, 2.45) is 0 Å². The third-order valence-corrected chi connectivity index (χ3v) is 4.25. The topological polar surface area (TPSA) is 55.8 Å². The van der Waals surface area contributed by atoms with E-state index in [0.29, 0.717) is 18.1 Å². The predicted molar refractivity (Wildman–Crippen MR) is 90.9 cm³/mol. The predicted octanol–water partition coefficient (Wildman–Crippen LogP) is 4.05. The number of rotatable bonds is 4. The van der Waals surface area contributed by atoms with Crippen LogP contribution in [-0.2, 0) is 16.1 Å². The van der Waals surface area contributed by atoms with Crippen molar-refractivity contribution in [3.05, 3.63) is 64.7 Å². The summed E-state index contributed by atoms with van der Waals surface area (Å²) < 4.78 is 11.1. The maximum absolute atomic E-state index is 11.6. The standard InChI is InChI=1S/C19H19ClO4/c1-19(22)10-17(24-18(21)11-19)14-4-8-16(9-5-14)23-12-13-2-6-15(20)7-3-13/h2-9,17,22H,10-12H2,1H3. The number of cyclic esters (lactones) is 1. The maximum atomic E-state index is 11.6. The lowest BCUT2D eigenvalue weighted by molar-refractivity contribution is -0.168. The molecule has 24 heavy (non-hydrogen) atoms. The largest absolute Gasteiger partial charge is 0.489 e. The van der Waals surface area contributed by atoms with Crippen molar-refractivity contribution in [2.45, 2.75) is 38.1 Å². The van der Waals surface area contributed by atoms with Gasteiger partial charge >= 0.3 is 5.97 Å². The van der Waals surface area contributed by atoms with E-state index in [1.54, 1.807) is 6.92 Å². The molecule has 0 radical (unpaired) electrons. The number of hydrogen-bond acceptors (Lipinski definition) is 4. The minimum atomic E-state index is -1.02. The van der Waals surface area contributed by atoms with E-state index in [1.807, 2.05) is 48.5 Å². The summed E-state index contributed by atoms with van der Waals surface area (Å²) in [6.07, 6.45) is 0.00162. The Kier molecular flexibility index (Phi) is 4.78. The van der Waals surface area contributed by atoms with Crippen molar-refractivity contribution in [1.82, 2.24) is 0 Å². The molecule has 0 aliphatic carbocycles. The van der Waals surface area contributed by atoms with Gasteiger partial charge in [0.25, 0.3) is 0 Å². The van der Waals surface area contributed by atoms with Gasteiger partial charge in [0.1, 0.15) is 18.5 Å². The fraction of sp³-hybridized carbons (Fsp3) is 0.316. The third-order valence-electron chi connectivity index (χ3n) is 3.99. The van der Waals surface area contributed by atoms with Gasteiger partial charge in [-0.2, -0.15) is 0 Å². The van der Waals surface area contributed by atoms with Gasteiger partial charge in [-0.05, 0) is 42.3 Å². The van der Waals surface area contributed by atoms with Crippen molar-refractivity contribution in [1.29, 1.82) is 0 Å². The molecule has 0 saturated carbocycles. The van der Waals surface area contributed by atoms with Gasteiger partial charge < -0.3 is 14.6 Å². The Morgan fingerprint density at radius 2 is 1.88 bits per heavy atom. The van der Waals surface area contributed by atoms with E-state index in [0.717, 1.165) is 16.9 Å². The molecule has 2 atom stereocenters. The van der Waals surface area contributed by atoms with E-state index in [1.165, 1.54) is 0 Å². The zero-order valence-electron chi connectivity index (χ0n) is 13.4. The Morgan fingerprint density at radius 1 is 1.21 bits per heavy atom. The molecule has 1 N–H and O–H groups in total. The van der Waals surface area contributed by atoms with Gasteiger partial charge in [0, 0.05) is 11.4 Å². The van der Waals surface area contributed by atoms with E-state index in [-0.39, 0.29) is 12.4 Å². The molecule has 2 unspecified atom stereocenters. The maximum Gasteiger partial charge on any atom is 0.309 e. The zero-order valence-corrected chi connectivity index (χ0v) is 14.1. The molecule has 0 amide bonds. The van der Waals surface area contributed by atoms with Crippen molar-refractivity contribution in [3.63, 3.8) is 0 Å². The molecule has 5 heteroatoms. The quantitative estimate of drug-likeness (QED) is 0.848. The summed E-state index contributed by atoms with van der Waals surface area (Å²) in [5.41, 5.74) is 0.854. The fourth-order valence-corrected chi connectivity index (χ4v) is 2.86. The molecular weight excluding hydrogens is 328 g/mol. The number of carbonyl (C=O) groups is 1. The van der Waals surface area contributed by atoms with Gasteiger partial charge in [0.05, 0.1) is 12.0 Å². The fourth-order valence-electron chi connectivity index (χ4n) is 2.74. The number of carbonyl (C=O) groups excluding carboxylic acids is 1. The molecule has 2 aromatic rings. The van der Waals surface area contributed by atoms with Gasteiger partial charge in [-0.3, -0.25) is 4.79 Å². The molecule has 126 valence electrons. The summed E-state index contributed by atoms with van der Waals surface area (Å²) in [6.45, 7) is 2.10. The van der Waals surface area contributed by atoms with Crippen LogP contribution in [0.3, 0.4) is 0 Å². The second kappa shape index (κ2) is 6.83. The van der Waals surface area contributed by atoms with Crippen LogP contribution in [0.4, 0.5) is 0 Å². The Hall–Kier alpha value is -2.04. The number of esters is 1. The Bertz CT molecular complexity index is 707. The molecule has 3 rings (SSSR count). The number of aliphatic hydroxyl groups is 1. The minimum absolute atomic E-state index is 0.0335. The molecule has 1 saturated heterocycles. The van der Waals surface area contributed by atoms with Crippen LogP contribution in [0.15, 0.2) is 48.5 Å². The molecule has 0 aromatic heterocycles. The summed E-state index contributed by atoms with van der Waals surface area (Å²) in [4.78, 5) is 11.6. The molecule has 0 spiro atoms. The monoisotopic (exact) mass is 346 g/mol. The van der Waals surface area contributed by atoms with Gasteiger partial charge in [0.15, 0.2) is 0 Å². The van der Waals surface area contributed by atoms with Crippen LogP contribution in [0.5, 0.6) is 5.75 Å². The lowest BCUT2D eigenvalue weighted by Gasteiger charge is -2.33. The summed E-state index contributed by atoms with van der Waals surface area (Å²) in [6, 6.07) is 14.9. The van der Waals surface area contributed by atoms with Gasteiger partial charge in [-0.1, -0.05) is 35.9 Å². The highest BCUT2D eigenvalue weighted by Gasteiger charge is 2.36. The number of hydrogen-bond donors (Lipinski definition) is 1. The highest BCUT2D eigenvalue weighted by Crippen LogP contribution is 2.35. The SMILES string of the molecule is CC1(O)CC(=O)OC(c2ccc(OCc3ccc(Cl)cc3)cc2)C1. The van der Waals surface area contributed by atoms with Crippen LogP contribution in [0.25, 0.3) is 0 Å². The molecule has 1 fully saturated rings. The molecular formula is C19H19ClO4. The van der Waals surface area contributed by atoms with Crippen LogP contribution in [0.2, 0.25) is 5.02 Å². The first-order valence-corrected chi connectivity index (χ1v) is 8.18. The third kappa shape index (κ3) is 4.28. The first-order chi connectivity index (χ1) is 11.4. The second-order valence-corrected chi connectivity index (χ2v) is 6.78. The lowest BCUT2D eigenvalue weighted by atomic mass is 9.89. The molecule has 1 aliphatic heterocycles. The Morgan fingerprint density at radius 3 is 2.50 bits per heavy atom. The lowest BCUT2D eigenvalue weighted by Crippen LogP contribution is -2.37. The smallest absolute Gasteiger partial charge is 0.309 e. The number of ether oxygens (including phenoxy) is 2. The molecule has 4 nitrogen and oxygen atoms in total. The zero-order chi connectivity index (χ0) is 17.2. The molecule has 2 aromatic carbocycles. The van der Waals surface area contributed by atoms with Crippen LogP contribution < -0.4 is 4.74 Å². The van der Waals surface area contributed by atoms with Crippen molar-refractivity contribution < 1.29 is 19.4 Å². The number of benzene rings is 2. The minimum Gasteiger partial charge on any atom is -0.489 e. The van der Waals surface area contributed by atoms with Crippen LogP contribution in [0.1, 0.15) is 37.0 Å². The van der Waals surface area contributed by atoms with Gasteiger partial charge in [-0.25, -0.2) is 0 Å². The molecule has 1 heterocycles. The molecule has 0 bridgehead atoms. The summed E-state index contributed by atoms with van der Waals surface area (Å²) in [7, 11) is 0. The Balaban J connectivity index is 1.62. The van der Waals surface area contributed by atoms with E-state index in [2.05, 4.69) is 0 Å². The normalized spacial score (nSPS) is 23.6. The average molecular weight is 347 g/mol. The highest BCUT2D eigenvalue weighted by atomic mass is 35.5. The summed E-state index contributed by atoms with van der Waals surface area (Å²) in [5, 5.41) is 10.8. The highest BCUT2D eigenvalue weighted by molar-refractivity contribution is 6.30. The number of halogens is 1. The van der Waals surface area contributed by atoms with Crippen LogP contribution >= 0.6 is 11.6 Å². The van der Waals surface area contributed by atoms with Gasteiger partial charge in [-0.15, -0.1) is 0 Å². The van der Waals surface area contributed by atoms with E-state index < -0.39 is 11.7 Å². The van der Waals surface area contributed by atoms with Crippen molar-refractivity contribution in [3.8, 4) is 5.75 Å². The van der Waals surface area contributed by atoms with Crippen molar-refractivity contribution in [2.75, 3.05) is 0 Å². The van der Waals surface area contributed by atoms with Crippen LogP contribution in [0, 0.1) is 0 Å². The van der Waals surface area contributed by atoms with Gasteiger partial charge in [0.2, 0.25) is 0 Å². The average Bonchev–Trinajstić information content (AvgIpc) is 2.53. The van der Waals surface area contributed by atoms with E-state index in [4.69, 9.17) is 21.1 Å². The first kappa shape index (κ1) is 16.8. The van der Waals surface area contributed by atoms with E-state index in [9.17, 15) is 9.90 Å².